The van der Waals surface area contributed by atoms with Crippen molar-refractivity contribution in [1.82, 2.24) is 0 Å². The van der Waals surface area contributed by atoms with Crippen LogP contribution in [0, 0.1) is 23.2 Å². The summed E-state index contributed by atoms with van der Waals surface area (Å²) >= 11 is 0. The summed E-state index contributed by atoms with van der Waals surface area (Å²) in [6, 6.07) is 0. The molecule has 19 heavy (non-hydrogen) atoms. The Morgan fingerprint density at radius 2 is 2.00 bits per heavy atom. The van der Waals surface area contributed by atoms with Gasteiger partial charge in [0.2, 0.25) is 5.91 Å². The Bertz CT molecular complexity index is 340. The highest BCUT2D eigenvalue weighted by Crippen LogP contribution is 2.49. The first-order valence-corrected chi connectivity index (χ1v) is 7.29. The molecule has 0 aromatic rings. The average Bonchev–Trinajstić information content (AvgIpc) is 2.28. The van der Waals surface area contributed by atoms with Gasteiger partial charge in [-0.15, -0.1) is 0 Å². The molecule has 1 amide bonds. The van der Waals surface area contributed by atoms with E-state index in [9.17, 15) is 9.59 Å². The van der Waals surface area contributed by atoms with Crippen molar-refractivity contribution in [3.05, 3.63) is 0 Å². The van der Waals surface area contributed by atoms with Crippen LogP contribution in [-0.4, -0.2) is 18.5 Å². The van der Waals surface area contributed by atoms with Crippen LogP contribution in [0.4, 0.5) is 0 Å². The van der Waals surface area contributed by atoms with Crippen LogP contribution >= 0.6 is 0 Å². The van der Waals surface area contributed by atoms with E-state index < -0.39 is 5.41 Å². The molecule has 0 saturated heterocycles. The molecule has 1 rings (SSSR count). The number of hydrogen-bond acceptors (Lipinski definition) is 3. The number of carbonyl (C=O) groups is 2. The summed E-state index contributed by atoms with van der Waals surface area (Å²) in [5.74, 6) is 0.295. The Hall–Kier alpha value is -1.06. The molecule has 3 unspecified atom stereocenters. The molecule has 0 aromatic heterocycles. The molecule has 0 radical (unpaired) electrons. The molecule has 0 bridgehead atoms. The van der Waals surface area contributed by atoms with Crippen molar-refractivity contribution in [3.8, 4) is 0 Å². The minimum absolute atomic E-state index is 0.128. The van der Waals surface area contributed by atoms with Crippen molar-refractivity contribution in [2.45, 2.75) is 53.4 Å². The lowest BCUT2D eigenvalue weighted by atomic mass is 9.58. The van der Waals surface area contributed by atoms with E-state index in [1.165, 1.54) is 0 Å². The molecule has 3 atom stereocenters. The van der Waals surface area contributed by atoms with Crippen LogP contribution in [0.1, 0.15) is 53.4 Å². The molecular formula is C15H27NO3. The predicted molar refractivity (Wildman–Crippen MR) is 74.2 cm³/mol. The highest BCUT2D eigenvalue weighted by Gasteiger charge is 2.50. The summed E-state index contributed by atoms with van der Waals surface area (Å²) in [5.41, 5.74) is 4.97. The SMILES string of the molecule is CCOC(=O)CC1(C(N)=O)CC(C)CCC1C(C)C. The zero-order valence-corrected chi connectivity index (χ0v) is 12.6. The van der Waals surface area contributed by atoms with Crippen LogP contribution in [0.15, 0.2) is 0 Å². The van der Waals surface area contributed by atoms with E-state index in [0.29, 0.717) is 24.9 Å². The van der Waals surface area contributed by atoms with Crippen molar-refractivity contribution in [2.75, 3.05) is 6.61 Å². The van der Waals surface area contributed by atoms with Crippen LogP contribution in [-0.2, 0) is 14.3 Å². The van der Waals surface area contributed by atoms with E-state index in [1.807, 2.05) is 0 Å². The zero-order valence-electron chi connectivity index (χ0n) is 12.6. The number of nitrogens with two attached hydrogens (primary N) is 1. The van der Waals surface area contributed by atoms with Gasteiger partial charge in [0.15, 0.2) is 0 Å². The Labute approximate surface area is 116 Å². The van der Waals surface area contributed by atoms with Crippen molar-refractivity contribution >= 4 is 11.9 Å². The van der Waals surface area contributed by atoms with Gasteiger partial charge >= 0.3 is 5.97 Å². The Morgan fingerprint density at radius 1 is 1.37 bits per heavy atom. The van der Waals surface area contributed by atoms with E-state index in [4.69, 9.17) is 10.5 Å². The van der Waals surface area contributed by atoms with E-state index in [-0.39, 0.29) is 24.2 Å². The molecule has 0 aliphatic heterocycles. The fourth-order valence-corrected chi connectivity index (χ4v) is 3.63. The topological polar surface area (TPSA) is 69.4 Å². The Balaban J connectivity index is 3.03. The fourth-order valence-electron chi connectivity index (χ4n) is 3.63. The van der Waals surface area contributed by atoms with Crippen LogP contribution < -0.4 is 5.73 Å². The molecular weight excluding hydrogens is 242 g/mol. The van der Waals surface area contributed by atoms with Crippen molar-refractivity contribution in [1.29, 1.82) is 0 Å². The monoisotopic (exact) mass is 269 g/mol. The Kier molecular flexibility index (Phi) is 5.39. The fraction of sp³-hybridized carbons (Fsp3) is 0.867. The third-order valence-electron chi connectivity index (χ3n) is 4.45. The van der Waals surface area contributed by atoms with Crippen molar-refractivity contribution in [2.24, 2.45) is 28.9 Å². The van der Waals surface area contributed by atoms with E-state index in [2.05, 4.69) is 20.8 Å². The number of ether oxygens (including phenoxy) is 1. The maximum atomic E-state index is 12.1. The smallest absolute Gasteiger partial charge is 0.306 e. The maximum Gasteiger partial charge on any atom is 0.306 e. The zero-order chi connectivity index (χ0) is 14.6. The summed E-state index contributed by atoms with van der Waals surface area (Å²) in [6.07, 6.45) is 2.88. The molecule has 0 heterocycles. The quantitative estimate of drug-likeness (QED) is 0.780. The van der Waals surface area contributed by atoms with Crippen LogP contribution in [0.3, 0.4) is 0 Å². The van der Waals surface area contributed by atoms with Gasteiger partial charge in [0.25, 0.3) is 0 Å². The third kappa shape index (κ3) is 3.48. The van der Waals surface area contributed by atoms with Gasteiger partial charge < -0.3 is 10.5 Å². The lowest BCUT2D eigenvalue weighted by Crippen LogP contribution is -2.50. The molecule has 0 aromatic carbocycles. The summed E-state index contributed by atoms with van der Waals surface area (Å²) in [6.45, 7) is 8.44. The van der Waals surface area contributed by atoms with Gasteiger partial charge in [-0.25, -0.2) is 0 Å². The summed E-state index contributed by atoms with van der Waals surface area (Å²) in [5, 5.41) is 0. The van der Waals surface area contributed by atoms with Crippen LogP contribution in [0.25, 0.3) is 0 Å². The van der Waals surface area contributed by atoms with Crippen LogP contribution in [0.5, 0.6) is 0 Å². The second kappa shape index (κ2) is 6.40. The standard InChI is InChI=1S/C15H27NO3/c1-5-19-13(17)9-15(14(16)18)8-11(4)6-7-12(15)10(2)3/h10-12H,5-9H2,1-4H3,(H2,16,18). The van der Waals surface area contributed by atoms with Gasteiger partial charge in [-0.1, -0.05) is 27.2 Å². The van der Waals surface area contributed by atoms with Gasteiger partial charge in [-0.05, 0) is 37.5 Å². The highest BCUT2D eigenvalue weighted by atomic mass is 16.5. The van der Waals surface area contributed by atoms with Gasteiger partial charge in [-0.3, -0.25) is 9.59 Å². The predicted octanol–water partition coefficient (Wildman–Crippen LogP) is 2.50. The summed E-state index contributed by atoms with van der Waals surface area (Å²) < 4.78 is 5.04. The molecule has 1 aliphatic rings. The maximum absolute atomic E-state index is 12.1. The van der Waals surface area contributed by atoms with Gasteiger partial charge in [0.05, 0.1) is 18.4 Å². The first-order chi connectivity index (χ1) is 8.83. The minimum Gasteiger partial charge on any atom is -0.466 e. The average molecular weight is 269 g/mol. The summed E-state index contributed by atoms with van der Waals surface area (Å²) in [7, 11) is 0. The molecule has 1 aliphatic carbocycles. The summed E-state index contributed by atoms with van der Waals surface area (Å²) in [4.78, 5) is 24.0. The highest BCUT2D eigenvalue weighted by molar-refractivity contribution is 5.86. The van der Waals surface area contributed by atoms with E-state index in [0.717, 1.165) is 12.8 Å². The number of hydrogen-bond donors (Lipinski definition) is 1. The molecule has 4 nitrogen and oxygen atoms in total. The normalized spacial score (nSPS) is 31.2. The van der Waals surface area contributed by atoms with Gasteiger partial charge in [-0.2, -0.15) is 0 Å². The van der Waals surface area contributed by atoms with Crippen LogP contribution in [0.2, 0.25) is 0 Å². The first-order valence-electron chi connectivity index (χ1n) is 7.29. The first kappa shape index (κ1) is 16.0. The number of carbonyl (C=O) groups excluding carboxylic acids is 2. The molecule has 2 N–H and O–H groups in total. The third-order valence-corrected chi connectivity index (χ3v) is 4.45. The second-order valence-electron chi connectivity index (χ2n) is 6.24. The number of esters is 1. The largest absolute Gasteiger partial charge is 0.466 e. The van der Waals surface area contributed by atoms with Gasteiger partial charge in [0, 0.05) is 0 Å². The molecule has 110 valence electrons. The lowest BCUT2D eigenvalue weighted by molar-refractivity contribution is -0.155. The van der Waals surface area contributed by atoms with Crippen molar-refractivity contribution < 1.29 is 14.3 Å². The molecule has 1 saturated carbocycles. The van der Waals surface area contributed by atoms with E-state index >= 15 is 0 Å². The molecule has 1 fully saturated rings. The minimum atomic E-state index is -0.724. The second-order valence-corrected chi connectivity index (χ2v) is 6.24. The van der Waals surface area contributed by atoms with E-state index in [1.54, 1.807) is 6.92 Å². The van der Waals surface area contributed by atoms with Crippen molar-refractivity contribution in [3.63, 3.8) is 0 Å². The number of primary amides is 1. The Morgan fingerprint density at radius 3 is 2.47 bits per heavy atom. The number of rotatable bonds is 5. The van der Waals surface area contributed by atoms with Gasteiger partial charge in [0.1, 0.15) is 0 Å². The molecule has 4 heteroatoms. The lowest BCUT2D eigenvalue weighted by Gasteiger charge is -2.45. The molecule has 0 spiro atoms. The number of amides is 1.